The maximum absolute atomic E-state index is 12.3. The van der Waals surface area contributed by atoms with E-state index < -0.39 is 5.91 Å². The molecule has 0 aliphatic carbocycles. The first-order valence-corrected chi connectivity index (χ1v) is 9.65. The highest BCUT2D eigenvalue weighted by Crippen LogP contribution is 2.38. The van der Waals surface area contributed by atoms with E-state index >= 15 is 0 Å². The van der Waals surface area contributed by atoms with E-state index in [2.05, 4.69) is 10.2 Å². The summed E-state index contributed by atoms with van der Waals surface area (Å²) in [5.41, 5.74) is 2.55. The van der Waals surface area contributed by atoms with E-state index in [0.29, 0.717) is 18.7 Å². The van der Waals surface area contributed by atoms with Crippen molar-refractivity contribution in [1.29, 1.82) is 0 Å². The van der Waals surface area contributed by atoms with Gasteiger partial charge in [-0.2, -0.15) is 0 Å². The molecule has 0 aliphatic heterocycles. The number of fused-ring (bicyclic) bond motifs is 1. The van der Waals surface area contributed by atoms with Gasteiger partial charge in [0.1, 0.15) is 12.4 Å². The summed E-state index contributed by atoms with van der Waals surface area (Å²) in [4.78, 5) is 12.3. The standard InChI is InChI=1S/C24H21N3O3/c1-17-9-5-8-14-21(17)30-16-15-27-20-13-7-6-12-19(20)22(24(27)29)25-26-23(28)18-10-3-2-4-11-18/h2-14,29H,15-16H2,1H3. The first kappa shape index (κ1) is 19.4. The second-order valence-electron chi connectivity index (χ2n) is 6.83. The quantitative estimate of drug-likeness (QED) is 0.425. The lowest BCUT2D eigenvalue weighted by Crippen LogP contribution is -2.08. The maximum Gasteiger partial charge on any atom is 0.295 e. The van der Waals surface area contributed by atoms with Crippen molar-refractivity contribution in [3.05, 3.63) is 90.0 Å². The number of para-hydroxylation sites is 2. The van der Waals surface area contributed by atoms with Gasteiger partial charge in [0, 0.05) is 10.9 Å². The smallest absolute Gasteiger partial charge is 0.295 e. The third kappa shape index (κ3) is 3.93. The molecule has 0 unspecified atom stereocenters. The van der Waals surface area contributed by atoms with Crippen LogP contribution in [0.2, 0.25) is 0 Å². The number of benzene rings is 3. The minimum atomic E-state index is -0.463. The van der Waals surface area contributed by atoms with Crippen LogP contribution < -0.4 is 4.74 Å². The molecule has 6 nitrogen and oxygen atoms in total. The summed E-state index contributed by atoms with van der Waals surface area (Å²) in [6.07, 6.45) is 0. The molecule has 0 saturated carbocycles. The number of aryl methyl sites for hydroxylation is 1. The summed E-state index contributed by atoms with van der Waals surface area (Å²) in [5.74, 6) is 0.297. The minimum Gasteiger partial charge on any atom is -0.493 e. The Morgan fingerprint density at radius 3 is 2.47 bits per heavy atom. The average Bonchev–Trinajstić information content (AvgIpc) is 3.05. The molecule has 1 amide bonds. The maximum atomic E-state index is 12.3. The topological polar surface area (TPSA) is 76.2 Å². The van der Waals surface area contributed by atoms with E-state index in [4.69, 9.17) is 4.74 Å². The minimum absolute atomic E-state index is 0.0470. The second-order valence-corrected chi connectivity index (χ2v) is 6.83. The average molecular weight is 399 g/mol. The zero-order valence-electron chi connectivity index (χ0n) is 16.5. The van der Waals surface area contributed by atoms with Crippen LogP contribution in [0.4, 0.5) is 5.69 Å². The summed E-state index contributed by atoms with van der Waals surface area (Å²) < 4.78 is 7.59. The van der Waals surface area contributed by atoms with Gasteiger partial charge in [-0.25, -0.2) is 0 Å². The monoisotopic (exact) mass is 399 g/mol. The van der Waals surface area contributed by atoms with Crippen molar-refractivity contribution in [2.75, 3.05) is 6.61 Å². The predicted octanol–water partition coefficient (Wildman–Crippen LogP) is 5.66. The van der Waals surface area contributed by atoms with E-state index in [1.165, 1.54) is 0 Å². The fraction of sp³-hybridized carbons (Fsp3) is 0.125. The number of amides is 1. The molecule has 0 atom stereocenters. The Morgan fingerprint density at radius 2 is 1.67 bits per heavy atom. The van der Waals surface area contributed by atoms with Gasteiger partial charge in [0.2, 0.25) is 5.88 Å². The van der Waals surface area contributed by atoms with Crippen LogP contribution in [0.15, 0.2) is 89.1 Å². The summed E-state index contributed by atoms with van der Waals surface area (Å²) in [6, 6.07) is 24.0. The largest absolute Gasteiger partial charge is 0.493 e. The molecule has 0 saturated heterocycles. The molecule has 3 aromatic carbocycles. The van der Waals surface area contributed by atoms with Crippen molar-refractivity contribution in [2.24, 2.45) is 10.2 Å². The highest BCUT2D eigenvalue weighted by atomic mass is 16.5. The fourth-order valence-electron chi connectivity index (χ4n) is 3.30. The summed E-state index contributed by atoms with van der Waals surface area (Å²) in [7, 11) is 0. The summed E-state index contributed by atoms with van der Waals surface area (Å²) in [6.45, 7) is 2.78. The Balaban J connectivity index is 1.59. The zero-order valence-corrected chi connectivity index (χ0v) is 16.5. The molecule has 0 spiro atoms. The molecular formula is C24H21N3O3. The lowest BCUT2D eigenvalue weighted by molar-refractivity contribution is 0.0995. The van der Waals surface area contributed by atoms with Gasteiger partial charge in [-0.1, -0.05) is 54.6 Å². The Bertz CT molecular complexity index is 1210. The summed E-state index contributed by atoms with van der Waals surface area (Å²) >= 11 is 0. The van der Waals surface area contributed by atoms with Crippen LogP contribution >= 0.6 is 0 Å². The van der Waals surface area contributed by atoms with Crippen LogP contribution in [-0.2, 0) is 6.54 Å². The fourth-order valence-corrected chi connectivity index (χ4v) is 3.30. The first-order chi connectivity index (χ1) is 14.6. The number of carbonyl (C=O) groups excluding carboxylic acids is 1. The first-order valence-electron chi connectivity index (χ1n) is 9.65. The molecule has 1 heterocycles. The molecule has 0 aliphatic rings. The van der Waals surface area contributed by atoms with Crippen molar-refractivity contribution in [3.63, 3.8) is 0 Å². The molecule has 4 rings (SSSR count). The third-order valence-corrected chi connectivity index (χ3v) is 4.85. The molecule has 0 bridgehead atoms. The number of azo groups is 1. The van der Waals surface area contributed by atoms with Crippen molar-refractivity contribution in [1.82, 2.24) is 4.57 Å². The van der Waals surface area contributed by atoms with Gasteiger partial charge in [-0.05, 0) is 36.8 Å². The van der Waals surface area contributed by atoms with Gasteiger partial charge in [-0.15, -0.1) is 10.2 Å². The van der Waals surface area contributed by atoms with Crippen LogP contribution in [-0.4, -0.2) is 22.2 Å². The predicted molar refractivity (Wildman–Crippen MR) is 116 cm³/mol. The van der Waals surface area contributed by atoms with Crippen LogP contribution in [0.1, 0.15) is 15.9 Å². The molecule has 4 aromatic rings. The van der Waals surface area contributed by atoms with Gasteiger partial charge in [-0.3, -0.25) is 4.79 Å². The summed E-state index contributed by atoms with van der Waals surface area (Å²) in [5, 5.41) is 19.4. The van der Waals surface area contributed by atoms with Crippen LogP contribution in [0, 0.1) is 6.92 Å². The Hall–Kier alpha value is -3.93. The number of carbonyl (C=O) groups is 1. The zero-order chi connectivity index (χ0) is 20.9. The van der Waals surface area contributed by atoms with Gasteiger partial charge < -0.3 is 14.4 Å². The van der Waals surface area contributed by atoms with E-state index in [0.717, 1.165) is 22.2 Å². The van der Waals surface area contributed by atoms with E-state index in [1.54, 1.807) is 28.8 Å². The second kappa shape index (κ2) is 8.61. The van der Waals surface area contributed by atoms with Gasteiger partial charge in [0.25, 0.3) is 5.91 Å². The molecule has 6 heteroatoms. The molecule has 1 N–H and O–H groups in total. The number of hydrogen-bond donors (Lipinski definition) is 1. The van der Waals surface area contributed by atoms with E-state index in [9.17, 15) is 9.90 Å². The van der Waals surface area contributed by atoms with Crippen molar-refractivity contribution >= 4 is 22.5 Å². The molecule has 0 radical (unpaired) electrons. The third-order valence-electron chi connectivity index (χ3n) is 4.85. The van der Waals surface area contributed by atoms with E-state index in [-0.39, 0.29) is 11.6 Å². The van der Waals surface area contributed by atoms with Gasteiger partial charge in [0.15, 0.2) is 5.69 Å². The number of nitrogens with zero attached hydrogens (tertiary/aromatic N) is 3. The number of ether oxygens (including phenoxy) is 1. The van der Waals surface area contributed by atoms with Crippen molar-refractivity contribution < 1.29 is 14.6 Å². The van der Waals surface area contributed by atoms with Crippen LogP contribution in [0.3, 0.4) is 0 Å². The Kier molecular flexibility index (Phi) is 5.57. The normalized spacial score (nSPS) is 11.2. The van der Waals surface area contributed by atoms with Crippen molar-refractivity contribution in [3.8, 4) is 11.6 Å². The Labute approximate surface area is 174 Å². The number of rotatable bonds is 6. The van der Waals surface area contributed by atoms with Crippen molar-refractivity contribution in [2.45, 2.75) is 13.5 Å². The van der Waals surface area contributed by atoms with E-state index in [1.807, 2.05) is 61.5 Å². The highest BCUT2D eigenvalue weighted by molar-refractivity contribution is 5.97. The molecule has 1 aromatic heterocycles. The molecular weight excluding hydrogens is 378 g/mol. The molecule has 30 heavy (non-hydrogen) atoms. The highest BCUT2D eigenvalue weighted by Gasteiger charge is 2.17. The molecule has 150 valence electrons. The SMILES string of the molecule is Cc1ccccc1OCCn1c(O)c(N=NC(=O)c2ccccc2)c2ccccc21. The number of aromatic nitrogens is 1. The van der Waals surface area contributed by atoms with Gasteiger partial charge >= 0.3 is 0 Å². The lowest BCUT2D eigenvalue weighted by atomic mass is 10.2. The lowest BCUT2D eigenvalue weighted by Gasteiger charge is -2.11. The van der Waals surface area contributed by atoms with Crippen LogP contribution in [0.5, 0.6) is 11.6 Å². The molecule has 0 fully saturated rings. The Morgan fingerprint density at radius 1 is 0.967 bits per heavy atom. The number of hydrogen-bond acceptors (Lipinski definition) is 4. The number of aromatic hydroxyl groups is 1. The van der Waals surface area contributed by atoms with Gasteiger partial charge in [0.05, 0.1) is 12.1 Å². The van der Waals surface area contributed by atoms with Crippen LogP contribution in [0.25, 0.3) is 10.9 Å².